The molecule has 1 aliphatic carbocycles. The Labute approximate surface area is 125 Å². The molecule has 0 bridgehead atoms. The van der Waals surface area contributed by atoms with E-state index in [0.717, 1.165) is 42.5 Å². The van der Waals surface area contributed by atoms with Crippen LogP contribution in [0.15, 0.2) is 0 Å². The standard InChI is InChI=1S/C16H25N5/c1-4-7-13-19-14-15(21(13)20-10(2)3)11-8-5-6-9-12(11)18-16(14)17/h10,20H,4-9H2,1-3H3,(H2,17,18). The number of nitrogens with one attached hydrogen (secondary N) is 1. The fourth-order valence-corrected chi connectivity index (χ4v) is 3.18. The fraction of sp³-hybridized carbons (Fsp3) is 0.625. The lowest BCUT2D eigenvalue weighted by Gasteiger charge is -2.20. The zero-order chi connectivity index (χ0) is 15.0. The van der Waals surface area contributed by atoms with E-state index < -0.39 is 0 Å². The predicted molar refractivity (Wildman–Crippen MR) is 87.1 cm³/mol. The molecule has 0 spiro atoms. The van der Waals surface area contributed by atoms with Gasteiger partial charge in [-0.3, -0.25) is 0 Å². The minimum atomic E-state index is 0.353. The third-order valence-electron chi connectivity index (χ3n) is 4.03. The first-order valence-electron chi connectivity index (χ1n) is 8.07. The second kappa shape index (κ2) is 5.54. The van der Waals surface area contributed by atoms with Crippen molar-refractivity contribution in [3.8, 4) is 0 Å². The maximum absolute atomic E-state index is 6.17. The van der Waals surface area contributed by atoms with Gasteiger partial charge in [-0.25, -0.2) is 14.6 Å². The number of anilines is 1. The molecule has 2 heterocycles. The van der Waals surface area contributed by atoms with E-state index >= 15 is 0 Å². The van der Waals surface area contributed by atoms with Gasteiger partial charge in [0.05, 0.1) is 5.52 Å². The summed E-state index contributed by atoms with van der Waals surface area (Å²) in [5.41, 5.74) is 14.2. The Morgan fingerprint density at radius 2 is 2.00 bits per heavy atom. The molecule has 2 aromatic rings. The van der Waals surface area contributed by atoms with Crippen molar-refractivity contribution < 1.29 is 0 Å². The smallest absolute Gasteiger partial charge is 0.151 e. The topological polar surface area (TPSA) is 68.8 Å². The highest BCUT2D eigenvalue weighted by molar-refractivity contribution is 5.89. The molecule has 5 heteroatoms. The summed E-state index contributed by atoms with van der Waals surface area (Å²) in [6.45, 7) is 6.48. The van der Waals surface area contributed by atoms with Crippen LogP contribution in [0.25, 0.3) is 11.0 Å². The summed E-state index contributed by atoms with van der Waals surface area (Å²) in [4.78, 5) is 9.39. The molecule has 0 atom stereocenters. The van der Waals surface area contributed by atoms with Crippen LogP contribution >= 0.6 is 0 Å². The number of hydrogen-bond donors (Lipinski definition) is 2. The van der Waals surface area contributed by atoms with E-state index in [4.69, 9.17) is 10.7 Å². The number of aryl methyl sites for hydroxylation is 3. The summed E-state index contributed by atoms with van der Waals surface area (Å²) in [6.07, 6.45) is 6.56. The van der Waals surface area contributed by atoms with Crippen LogP contribution in [-0.2, 0) is 19.3 Å². The van der Waals surface area contributed by atoms with Crippen molar-refractivity contribution in [2.75, 3.05) is 11.2 Å². The van der Waals surface area contributed by atoms with Crippen LogP contribution in [0.4, 0.5) is 5.82 Å². The molecule has 114 valence electrons. The van der Waals surface area contributed by atoms with Gasteiger partial charge in [0.2, 0.25) is 0 Å². The number of fused-ring (bicyclic) bond motifs is 3. The lowest BCUT2D eigenvalue weighted by atomic mass is 9.95. The summed E-state index contributed by atoms with van der Waals surface area (Å²) in [5.74, 6) is 1.64. The number of nitrogens with two attached hydrogens (primary N) is 1. The Bertz CT molecular complexity index is 656. The third-order valence-corrected chi connectivity index (χ3v) is 4.03. The molecule has 0 amide bonds. The Morgan fingerprint density at radius 3 is 2.71 bits per heavy atom. The first kappa shape index (κ1) is 14.2. The van der Waals surface area contributed by atoms with Crippen LogP contribution < -0.4 is 11.2 Å². The minimum Gasteiger partial charge on any atom is -0.382 e. The Balaban J connectivity index is 2.27. The zero-order valence-electron chi connectivity index (χ0n) is 13.2. The Kier molecular flexibility index (Phi) is 3.74. The number of pyridine rings is 1. The second-order valence-corrected chi connectivity index (χ2v) is 6.22. The van der Waals surface area contributed by atoms with E-state index in [-0.39, 0.29) is 0 Å². The Morgan fingerprint density at radius 1 is 1.24 bits per heavy atom. The molecule has 21 heavy (non-hydrogen) atoms. The van der Waals surface area contributed by atoms with Gasteiger partial charge in [-0.2, -0.15) is 0 Å². The van der Waals surface area contributed by atoms with Crippen LogP contribution in [0.5, 0.6) is 0 Å². The number of rotatable bonds is 4. The highest BCUT2D eigenvalue weighted by Gasteiger charge is 2.22. The van der Waals surface area contributed by atoms with Crippen LogP contribution in [0.3, 0.4) is 0 Å². The van der Waals surface area contributed by atoms with Crippen LogP contribution in [0.1, 0.15) is 57.1 Å². The maximum atomic E-state index is 6.17. The first-order chi connectivity index (χ1) is 10.1. The lowest BCUT2D eigenvalue weighted by Crippen LogP contribution is -2.25. The van der Waals surface area contributed by atoms with Gasteiger partial charge < -0.3 is 11.2 Å². The largest absolute Gasteiger partial charge is 0.382 e. The monoisotopic (exact) mass is 287 g/mol. The third kappa shape index (κ3) is 2.45. The zero-order valence-corrected chi connectivity index (χ0v) is 13.2. The fourth-order valence-electron chi connectivity index (χ4n) is 3.18. The highest BCUT2D eigenvalue weighted by Crippen LogP contribution is 2.31. The molecule has 3 N–H and O–H groups in total. The second-order valence-electron chi connectivity index (χ2n) is 6.22. The summed E-state index contributed by atoms with van der Waals surface area (Å²) in [7, 11) is 0. The van der Waals surface area contributed by atoms with Gasteiger partial charge in [-0.1, -0.05) is 6.92 Å². The number of nitrogens with zero attached hydrogens (tertiary/aromatic N) is 3. The van der Waals surface area contributed by atoms with Gasteiger partial charge in [-0.05, 0) is 46.0 Å². The van der Waals surface area contributed by atoms with Gasteiger partial charge in [-0.15, -0.1) is 0 Å². The average molecular weight is 287 g/mol. The van der Waals surface area contributed by atoms with E-state index in [1.165, 1.54) is 24.1 Å². The number of nitrogen functional groups attached to an aromatic ring is 1. The van der Waals surface area contributed by atoms with Crippen LogP contribution in [-0.4, -0.2) is 20.7 Å². The highest BCUT2D eigenvalue weighted by atomic mass is 15.4. The molecule has 5 nitrogen and oxygen atoms in total. The maximum Gasteiger partial charge on any atom is 0.151 e. The molecular formula is C16H25N5. The predicted octanol–water partition coefficient (Wildman–Crippen LogP) is 2.80. The summed E-state index contributed by atoms with van der Waals surface area (Å²) >= 11 is 0. The molecule has 0 unspecified atom stereocenters. The lowest BCUT2D eigenvalue weighted by molar-refractivity contribution is 0.662. The molecule has 0 aliphatic heterocycles. The summed E-state index contributed by atoms with van der Waals surface area (Å²) in [5, 5.41) is 0. The van der Waals surface area contributed by atoms with E-state index in [1.807, 2.05) is 0 Å². The van der Waals surface area contributed by atoms with Gasteiger partial charge in [0.15, 0.2) is 5.82 Å². The molecule has 0 aromatic carbocycles. The van der Waals surface area contributed by atoms with E-state index in [0.29, 0.717) is 11.9 Å². The van der Waals surface area contributed by atoms with Crippen molar-refractivity contribution in [3.05, 3.63) is 17.1 Å². The molecule has 3 rings (SSSR count). The van der Waals surface area contributed by atoms with Gasteiger partial charge in [0, 0.05) is 23.7 Å². The van der Waals surface area contributed by atoms with Crippen molar-refractivity contribution in [2.24, 2.45) is 0 Å². The van der Waals surface area contributed by atoms with Crippen LogP contribution in [0, 0.1) is 0 Å². The first-order valence-corrected chi connectivity index (χ1v) is 8.07. The average Bonchev–Trinajstić information content (AvgIpc) is 2.79. The Hall–Kier alpha value is -1.78. The number of imidazole rings is 1. The minimum absolute atomic E-state index is 0.353. The van der Waals surface area contributed by atoms with E-state index in [2.05, 4.69) is 35.9 Å². The van der Waals surface area contributed by atoms with Crippen molar-refractivity contribution >= 4 is 16.9 Å². The van der Waals surface area contributed by atoms with Gasteiger partial charge in [0.25, 0.3) is 0 Å². The van der Waals surface area contributed by atoms with E-state index in [1.54, 1.807) is 0 Å². The van der Waals surface area contributed by atoms with Crippen molar-refractivity contribution in [1.82, 2.24) is 14.6 Å². The summed E-state index contributed by atoms with van der Waals surface area (Å²) < 4.78 is 2.17. The van der Waals surface area contributed by atoms with Crippen molar-refractivity contribution in [1.29, 1.82) is 0 Å². The van der Waals surface area contributed by atoms with Crippen molar-refractivity contribution in [2.45, 2.75) is 65.3 Å². The SMILES string of the molecule is CCCc1nc2c(N)nc3c(c2n1NC(C)C)CCCC3. The van der Waals surface area contributed by atoms with Gasteiger partial charge in [0.1, 0.15) is 11.3 Å². The normalized spacial score (nSPS) is 14.7. The molecule has 2 aromatic heterocycles. The number of hydrogen-bond acceptors (Lipinski definition) is 4. The van der Waals surface area contributed by atoms with Crippen molar-refractivity contribution in [3.63, 3.8) is 0 Å². The molecule has 0 radical (unpaired) electrons. The molecule has 1 aliphatic rings. The van der Waals surface area contributed by atoms with Crippen LogP contribution in [0.2, 0.25) is 0 Å². The molecular weight excluding hydrogens is 262 g/mol. The summed E-state index contributed by atoms with van der Waals surface area (Å²) in [6, 6.07) is 0.353. The quantitative estimate of drug-likeness (QED) is 0.907. The molecule has 0 fully saturated rings. The molecule has 0 saturated heterocycles. The van der Waals surface area contributed by atoms with Gasteiger partial charge >= 0.3 is 0 Å². The number of aromatic nitrogens is 3. The van der Waals surface area contributed by atoms with E-state index in [9.17, 15) is 0 Å². The molecule has 0 saturated carbocycles.